The minimum Gasteiger partial charge on any atom is -0.282 e. The van der Waals surface area contributed by atoms with Gasteiger partial charge in [0.05, 0.1) is 5.56 Å². The first-order chi connectivity index (χ1) is 11.4. The Balaban J connectivity index is 2.31. The lowest BCUT2D eigenvalue weighted by molar-refractivity contribution is -0.107. The Hall–Kier alpha value is -2.18. The molecule has 0 aromatic heterocycles. The van der Waals surface area contributed by atoms with Gasteiger partial charge in [-0.1, -0.05) is 25.3 Å². The van der Waals surface area contributed by atoms with E-state index in [1.54, 1.807) is 12.1 Å². The van der Waals surface area contributed by atoms with Crippen molar-refractivity contribution in [2.45, 2.75) is 9.79 Å². The van der Waals surface area contributed by atoms with Crippen molar-refractivity contribution < 1.29 is 18.4 Å². The fourth-order valence-corrected chi connectivity index (χ4v) is 3.12. The maximum atomic E-state index is 14.3. The molecule has 0 atom stereocenters. The van der Waals surface area contributed by atoms with Gasteiger partial charge in [0.1, 0.15) is 11.6 Å². The zero-order valence-corrected chi connectivity index (χ0v) is 14.1. The molecular formula is C18H12F2O2S2. The minimum atomic E-state index is -0.767. The molecule has 2 aromatic carbocycles. The number of hydrogen-bond acceptors (Lipinski definition) is 4. The molecule has 24 heavy (non-hydrogen) atoms. The van der Waals surface area contributed by atoms with Crippen LogP contribution in [0.2, 0.25) is 0 Å². The van der Waals surface area contributed by atoms with Crippen LogP contribution >= 0.6 is 23.5 Å². The zero-order chi connectivity index (χ0) is 17.7. The van der Waals surface area contributed by atoms with E-state index in [1.165, 1.54) is 18.2 Å². The van der Waals surface area contributed by atoms with E-state index < -0.39 is 16.7 Å². The summed E-state index contributed by atoms with van der Waals surface area (Å²) in [6.45, 7) is 6.69. The molecule has 0 aliphatic heterocycles. The number of halogens is 2. The largest absolute Gasteiger partial charge is 0.282 e. The lowest BCUT2D eigenvalue weighted by Crippen LogP contribution is -1.93. The van der Waals surface area contributed by atoms with Gasteiger partial charge >= 0.3 is 0 Å². The minimum absolute atomic E-state index is 0.169. The molecule has 0 fully saturated rings. The molecule has 0 amide bonds. The van der Waals surface area contributed by atoms with E-state index in [2.05, 4.69) is 13.2 Å². The highest BCUT2D eigenvalue weighted by Gasteiger charge is 2.15. The molecule has 2 nitrogen and oxygen atoms in total. The highest BCUT2D eigenvalue weighted by atomic mass is 32.2. The van der Waals surface area contributed by atoms with Gasteiger partial charge in [-0.25, -0.2) is 8.78 Å². The first-order valence-corrected chi connectivity index (χ1v) is 8.36. The standard InChI is InChI=1S/C18H12F2O2S2/c1-3-16(21)23-12-7-5-11(6-8-12)18-14(19)9-13(10-15(18)20)24-17(22)4-2/h3-10H,1-2H2. The van der Waals surface area contributed by atoms with E-state index in [-0.39, 0.29) is 15.6 Å². The summed E-state index contributed by atoms with van der Waals surface area (Å²) in [5, 5.41) is -0.608. The quantitative estimate of drug-likeness (QED) is 0.538. The smallest absolute Gasteiger partial charge is 0.216 e. The summed E-state index contributed by atoms with van der Waals surface area (Å²) in [5.74, 6) is -1.53. The molecule has 6 heteroatoms. The summed E-state index contributed by atoms with van der Waals surface area (Å²) < 4.78 is 28.5. The van der Waals surface area contributed by atoms with Crippen molar-refractivity contribution in [1.29, 1.82) is 0 Å². The second kappa shape index (κ2) is 8.08. The predicted octanol–water partition coefficient (Wildman–Crippen LogP) is 5.24. The number of carbonyl (C=O) groups is 2. The SMILES string of the molecule is C=CC(=O)Sc1ccc(-c2c(F)cc(SC(=O)C=C)cc2F)cc1. The van der Waals surface area contributed by atoms with Crippen molar-refractivity contribution in [2.75, 3.05) is 0 Å². The van der Waals surface area contributed by atoms with Gasteiger partial charge in [0.15, 0.2) is 0 Å². The Morgan fingerprint density at radius 3 is 1.75 bits per heavy atom. The molecule has 0 aliphatic carbocycles. The topological polar surface area (TPSA) is 34.1 Å². The highest BCUT2D eigenvalue weighted by molar-refractivity contribution is 8.14. The summed E-state index contributed by atoms with van der Waals surface area (Å²) in [7, 11) is 0. The number of hydrogen-bond donors (Lipinski definition) is 0. The third-order valence-electron chi connectivity index (χ3n) is 2.93. The van der Waals surface area contributed by atoms with E-state index in [4.69, 9.17) is 0 Å². The lowest BCUT2D eigenvalue weighted by atomic mass is 10.0. The lowest BCUT2D eigenvalue weighted by Gasteiger charge is -2.08. The van der Waals surface area contributed by atoms with Crippen LogP contribution in [0, 0.1) is 11.6 Å². The van der Waals surface area contributed by atoms with Crippen LogP contribution in [0.25, 0.3) is 11.1 Å². The van der Waals surface area contributed by atoms with Gasteiger partial charge in [0.2, 0.25) is 10.2 Å². The fourth-order valence-electron chi connectivity index (χ4n) is 1.89. The average molecular weight is 362 g/mol. The first-order valence-electron chi connectivity index (χ1n) is 6.72. The van der Waals surface area contributed by atoms with Crippen molar-refractivity contribution in [3.8, 4) is 11.1 Å². The molecule has 2 aromatic rings. The Labute approximate surface area is 146 Å². The third-order valence-corrected chi connectivity index (χ3v) is 4.64. The number of rotatable bonds is 5. The van der Waals surface area contributed by atoms with Gasteiger partial charge in [0.25, 0.3) is 0 Å². The second-order valence-electron chi connectivity index (χ2n) is 4.54. The molecule has 0 heterocycles. The van der Waals surface area contributed by atoms with Gasteiger partial charge in [-0.3, -0.25) is 9.59 Å². The van der Waals surface area contributed by atoms with E-state index in [0.29, 0.717) is 22.2 Å². The maximum absolute atomic E-state index is 14.3. The summed E-state index contributed by atoms with van der Waals surface area (Å²) in [6.07, 6.45) is 2.27. The van der Waals surface area contributed by atoms with Gasteiger partial charge < -0.3 is 0 Å². The maximum Gasteiger partial charge on any atom is 0.216 e. The van der Waals surface area contributed by atoms with Gasteiger partial charge in [0, 0.05) is 9.79 Å². The summed E-state index contributed by atoms with van der Waals surface area (Å²) >= 11 is 1.67. The van der Waals surface area contributed by atoms with Crippen LogP contribution in [0.4, 0.5) is 8.78 Å². The van der Waals surface area contributed by atoms with Crippen molar-refractivity contribution >= 4 is 33.8 Å². The van der Waals surface area contributed by atoms with E-state index in [1.807, 2.05) is 0 Å². The molecule has 122 valence electrons. The van der Waals surface area contributed by atoms with Crippen LogP contribution in [0.5, 0.6) is 0 Å². The monoisotopic (exact) mass is 362 g/mol. The van der Waals surface area contributed by atoms with Crippen LogP contribution in [-0.2, 0) is 9.59 Å². The van der Waals surface area contributed by atoms with Gasteiger partial charge in [-0.05, 0) is 65.5 Å². The molecule has 0 saturated heterocycles. The van der Waals surface area contributed by atoms with Crippen LogP contribution in [0.15, 0.2) is 71.5 Å². The highest BCUT2D eigenvalue weighted by Crippen LogP contribution is 2.32. The van der Waals surface area contributed by atoms with Crippen LogP contribution in [-0.4, -0.2) is 10.2 Å². The van der Waals surface area contributed by atoms with Crippen molar-refractivity contribution in [3.63, 3.8) is 0 Å². The van der Waals surface area contributed by atoms with Crippen molar-refractivity contribution in [3.05, 3.63) is 73.3 Å². The Morgan fingerprint density at radius 1 is 0.833 bits per heavy atom. The molecule has 0 N–H and O–H groups in total. The summed E-state index contributed by atoms with van der Waals surface area (Å²) in [4.78, 5) is 23.4. The van der Waals surface area contributed by atoms with Crippen molar-refractivity contribution in [2.24, 2.45) is 0 Å². The van der Waals surface area contributed by atoms with E-state index >= 15 is 0 Å². The van der Waals surface area contributed by atoms with Gasteiger partial charge in [-0.2, -0.15) is 0 Å². The number of carbonyl (C=O) groups excluding carboxylic acids is 2. The molecule has 0 saturated carbocycles. The van der Waals surface area contributed by atoms with Gasteiger partial charge in [-0.15, -0.1) is 0 Å². The van der Waals surface area contributed by atoms with Crippen LogP contribution < -0.4 is 0 Å². The van der Waals surface area contributed by atoms with Crippen LogP contribution in [0.3, 0.4) is 0 Å². The van der Waals surface area contributed by atoms with Crippen molar-refractivity contribution in [1.82, 2.24) is 0 Å². The third kappa shape index (κ3) is 4.43. The van der Waals surface area contributed by atoms with Crippen LogP contribution in [0.1, 0.15) is 0 Å². The number of thioether (sulfide) groups is 2. The Bertz CT molecular complexity index is 791. The zero-order valence-electron chi connectivity index (χ0n) is 12.4. The van der Waals surface area contributed by atoms with E-state index in [9.17, 15) is 18.4 Å². The molecule has 0 unspecified atom stereocenters. The molecular weight excluding hydrogens is 350 g/mol. The number of benzene rings is 2. The second-order valence-corrected chi connectivity index (χ2v) is 6.69. The molecule has 0 bridgehead atoms. The summed E-state index contributed by atoms with van der Waals surface area (Å²) in [6, 6.07) is 8.47. The average Bonchev–Trinajstić information content (AvgIpc) is 2.55. The van der Waals surface area contributed by atoms with E-state index in [0.717, 1.165) is 30.0 Å². The molecule has 0 aliphatic rings. The summed E-state index contributed by atoms with van der Waals surface area (Å²) in [5.41, 5.74) is 0.156. The Morgan fingerprint density at radius 2 is 1.29 bits per heavy atom. The fraction of sp³-hybridized carbons (Fsp3) is 0. The molecule has 0 radical (unpaired) electrons. The first kappa shape index (κ1) is 18.2. The predicted molar refractivity (Wildman–Crippen MR) is 93.9 cm³/mol. The molecule has 2 rings (SSSR count). The Kier molecular flexibility index (Phi) is 6.11. The molecule has 0 spiro atoms. The normalized spacial score (nSPS) is 10.2.